The van der Waals surface area contributed by atoms with Crippen molar-refractivity contribution >= 4 is 58.9 Å². The summed E-state index contributed by atoms with van der Waals surface area (Å²) in [5.74, 6) is -4.69. The minimum atomic E-state index is -1.06. The Hall–Kier alpha value is -5.73. The molecule has 0 unspecified atom stereocenters. The van der Waals surface area contributed by atoms with Crippen molar-refractivity contribution in [3.05, 3.63) is 42.0 Å². The molecular weight excluding hydrogens is 927 g/mol. The molecule has 9 atom stereocenters. The number of hydrogen-bond donors (Lipinski definition) is 4. The highest BCUT2D eigenvalue weighted by Crippen LogP contribution is 2.37. The molecule has 2 heterocycles. The van der Waals surface area contributed by atoms with Crippen LogP contribution in [0.2, 0.25) is 0 Å². The van der Waals surface area contributed by atoms with Gasteiger partial charge in [-0.15, -0.1) is 0 Å². The third kappa shape index (κ3) is 14.3. The van der Waals surface area contributed by atoms with E-state index in [1.807, 2.05) is 59.7 Å². The fourth-order valence-electron chi connectivity index (χ4n) is 9.99. The number of benzene rings is 1. The van der Waals surface area contributed by atoms with Crippen LogP contribution < -0.4 is 21.3 Å². The maximum absolute atomic E-state index is 14.4. The normalized spacial score (nSPS) is 19.6. The highest BCUT2D eigenvalue weighted by atomic mass is 16.5. The fraction of sp³-hybridized carbons (Fsp3) is 0.673. The molecule has 20 nitrogen and oxygen atoms in total. The molecule has 1 aromatic rings. The van der Waals surface area contributed by atoms with Gasteiger partial charge >= 0.3 is 0 Å². The van der Waals surface area contributed by atoms with Crippen molar-refractivity contribution in [1.29, 1.82) is 0 Å². The van der Waals surface area contributed by atoms with Gasteiger partial charge in [0.1, 0.15) is 24.7 Å². The Labute approximate surface area is 425 Å². The van der Waals surface area contributed by atoms with E-state index >= 15 is 0 Å². The number of ether oxygens (including phenoxy) is 2. The number of nitrogens with one attached hydrogen (secondary N) is 4. The quantitative estimate of drug-likeness (QED) is 0.0978. The van der Waals surface area contributed by atoms with Gasteiger partial charge in [-0.3, -0.25) is 53.0 Å². The second kappa shape index (κ2) is 26.3. The van der Waals surface area contributed by atoms with Crippen molar-refractivity contribution < 1.29 is 52.6 Å². The SMILES string of the molecule is CC[C@H](C)[C@@H]([C@@H](CC(=O)N1CCC[C@H]1[C@H](OC)[C@@H](C)C(=O)N(C)CCc1cccc(NC(=O)[C@H](C)NC(=O)[C@H](C)NC(=O)CN2C(=O)C=CC2=O)c1)OC)N(C)C(=O)[C@@H](NC(=O)C1(N(C)C)CCC1)C(C)C. The summed E-state index contributed by atoms with van der Waals surface area (Å²) >= 11 is 0. The van der Waals surface area contributed by atoms with Crippen molar-refractivity contribution in [3.63, 3.8) is 0 Å². The van der Waals surface area contributed by atoms with E-state index in [1.165, 1.54) is 13.8 Å². The summed E-state index contributed by atoms with van der Waals surface area (Å²) in [5, 5.41) is 10.9. The second-order valence-electron chi connectivity index (χ2n) is 20.4. The number of likely N-dealkylation sites (tertiary alicyclic amines) is 1. The Bertz CT molecular complexity index is 2140. The number of carbonyl (C=O) groups is 9. The zero-order chi connectivity index (χ0) is 53.8. The van der Waals surface area contributed by atoms with E-state index < -0.39 is 83.9 Å². The molecule has 4 N–H and O–H groups in total. The number of methoxy groups -OCH3 is 2. The van der Waals surface area contributed by atoms with E-state index in [0.717, 1.165) is 48.3 Å². The molecule has 0 aromatic heterocycles. The lowest BCUT2D eigenvalue weighted by Gasteiger charge is -2.46. The van der Waals surface area contributed by atoms with Crippen LogP contribution in [0.4, 0.5) is 5.69 Å². The molecule has 2 aliphatic heterocycles. The van der Waals surface area contributed by atoms with Crippen LogP contribution in [-0.2, 0) is 59.0 Å². The second-order valence-corrected chi connectivity index (χ2v) is 20.4. The van der Waals surface area contributed by atoms with E-state index in [2.05, 4.69) is 21.3 Å². The lowest BCUT2D eigenvalue weighted by molar-refractivity contribution is -0.150. The lowest BCUT2D eigenvalue weighted by Crippen LogP contribution is -2.65. The van der Waals surface area contributed by atoms with Gasteiger partial charge in [0.15, 0.2) is 0 Å². The van der Waals surface area contributed by atoms with Crippen LogP contribution in [0.5, 0.6) is 0 Å². The van der Waals surface area contributed by atoms with Crippen LogP contribution in [0, 0.1) is 17.8 Å². The van der Waals surface area contributed by atoms with E-state index in [-0.39, 0.29) is 47.9 Å². The van der Waals surface area contributed by atoms with Crippen molar-refractivity contribution in [2.75, 3.05) is 67.4 Å². The van der Waals surface area contributed by atoms with Gasteiger partial charge < -0.3 is 45.4 Å². The Morgan fingerprint density at radius 2 is 1.46 bits per heavy atom. The van der Waals surface area contributed by atoms with Gasteiger partial charge in [0.2, 0.25) is 41.4 Å². The summed E-state index contributed by atoms with van der Waals surface area (Å²) in [6.45, 7) is 12.9. The largest absolute Gasteiger partial charge is 0.379 e. The van der Waals surface area contributed by atoms with Gasteiger partial charge in [-0.05, 0) is 96.0 Å². The number of nitrogens with zero attached hydrogens (tertiary/aromatic N) is 5. The summed E-state index contributed by atoms with van der Waals surface area (Å²) in [6.07, 6.45) is 5.78. The Kier molecular flexibility index (Phi) is 21.5. The van der Waals surface area contributed by atoms with Crippen LogP contribution >= 0.6 is 0 Å². The lowest BCUT2D eigenvalue weighted by atomic mass is 9.74. The average Bonchev–Trinajstić information content (AvgIpc) is 3.93. The fourth-order valence-corrected chi connectivity index (χ4v) is 9.99. The van der Waals surface area contributed by atoms with Crippen molar-refractivity contribution in [2.45, 2.75) is 148 Å². The van der Waals surface area contributed by atoms with Crippen molar-refractivity contribution in [2.24, 2.45) is 17.8 Å². The van der Waals surface area contributed by atoms with Gasteiger partial charge in [-0.1, -0.05) is 53.2 Å². The third-order valence-electron chi connectivity index (χ3n) is 14.9. The smallest absolute Gasteiger partial charge is 0.254 e. The third-order valence-corrected chi connectivity index (χ3v) is 14.9. The summed E-state index contributed by atoms with van der Waals surface area (Å²) in [6, 6.07) is 3.42. The number of likely N-dealkylation sites (N-methyl/N-ethyl adjacent to an activating group) is 3. The van der Waals surface area contributed by atoms with Gasteiger partial charge in [0.25, 0.3) is 11.8 Å². The molecule has 72 heavy (non-hydrogen) atoms. The summed E-state index contributed by atoms with van der Waals surface area (Å²) in [4.78, 5) is 126. The predicted octanol–water partition coefficient (Wildman–Crippen LogP) is 2.11. The summed E-state index contributed by atoms with van der Waals surface area (Å²) < 4.78 is 12.1. The molecule has 400 valence electrons. The molecule has 9 amide bonds. The molecule has 4 rings (SSSR count). The number of rotatable bonds is 26. The molecule has 20 heteroatoms. The monoisotopic (exact) mass is 1010 g/mol. The first-order valence-electron chi connectivity index (χ1n) is 25.3. The molecule has 0 bridgehead atoms. The molecule has 1 aromatic carbocycles. The first-order valence-corrected chi connectivity index (χ1v) is 25.3. The van der Waals surface area contributed by atoms with Crippen LogP contribution in [0.1, 0.15) is 99.0 Å². The Morgan fingerprint density at radius 1 is 0.819 bits per heavy atom. The number of imide groups is 1. The Morgan fingerprint density at radius 3 is 2.01 bits per heavy atom. The minimum Gasteiger partial charge on any atom is -0.379 e. The zero-order valence-electron chi connectivity index (χ0n) is 44.7. The van der Waals surface area contributed by atoms with E-state index in [1.54, 1.807) is 61.2 Å². The van der Waals surface area contributed by atoms with Crippen LogP contribution in [-0.4, -0.2) is 188 Å². The summed E-state index contributed by atoms with van der Waals surface area (Å²) in [5.41, 5.74) is 0.667. The van der Waals surface area contributed by atoms with Crippen LogP contribution in [0.3, 0.4) is 0 Å². The molecule has 1 saturated carbocycles. The minimum absolute atomic E-state index is 0.000235. The molecule has 3 aliphatic rings. The van der Waals surface area contributed by atoms with Gasteiger partial charge in [0.05, 0.1) is 42.2 Å². The molecule has 0 radical (unpaired) electrons. The summed E-state index contributed by atoms with van der Waals surface area (Å²) in [7, 11) is 10.3. The molecular formula is C52H81N9O11. The van der Waals surface area contributed by atoms with Gasteiger partial charge in [0, 0.05) is 59.2 Å². The standard InChI is InChI=1S/C52H81N9O11/c1-14-32(4)45(59(11)50(69)44(31(2)3)56-51(70)52(57(8)9)24-17-25-52)39(71-12)29-43(65)60-26-16-20-38(60)46(72-13)33(5)49(68)58(10)27-23-36-18-15-19-37(28-36)55-48(67)35(7)54-47(66)34(6)53-40(62)30-61-41(63)21-22-42(61)64/h15,18-19,21-22,28,31-35,38-39,44-46H,14,16-17,20,23-27,29-30H2,1-13H3,(H,53,62)(H,54,66)(H,55,67)(H,56,70)/t32-,33+,34-,35-,38-,39+,44-,45-,46+/m0/s1. The zero-order valence-corrected chi connectivity index (χ0v) is 44.7. The molecule has 1 saturated heterocycles. The van der Waals surface area contributed by atoms with E-state index in [0.29, 0.717) is 38.0 Å². The molecule has 1 aliphatic carbocycles. The molecule has 2 fully saturated rings. The van der Waals surface area contributed by atoms with E-state index in [9.17, 15) is 43.2 Å². The van der Waals surface area contributed by atoms with Crippen molar-refractivity contribution in [1.82, 2.24) is 40.4 Å². The predicted molar refractivity (Wildman–Crippen MR) is 271 cm³/mol. The number of hydrogen-bond acceptors (Lipinski definition) is 12. The van der Waals surface area contributed by atoms with Crippen molar-refractivity contribution in [3.8, 4) is 0 Å². The van der Waals surface area contributed by atoms with Crippen LogP contribution in [0.15, 0.2) is 36.4 Å². The maximum Gasteiger partial charge on any atom is 0.254 e. The van der Waals surface area contributed by atoms with E-state index in [4.69, 9.17) is 9.47 Å². The highest BCUT2D eigenvalue weighted by molar-refractivity contribution is 6.14. The number of amides is 9. The first kappa shape index (κ1) is 58.8. The molecule has 0 spiro atoms. The maximum atomic E-state index is 14.4. The topological polar surface area (TPSA) is 236 Å². The number of anilines is 1. The van der Waals surface area contributed by atoms with Crippen LogP contribution in [0.25, 0.3) is 0 Å². The first-order chi connectivity index (χ1) is 33.9. The Balaban J connectivity index is 1.33. The number of carbonyl (C=O) groups excluding carboxylic acids is 9. The highest BCUT2D eigenvalue weighted by Gasteiger charge is 2.48. The van der Waals surface area contributed by atoms with Gasteiger partial charge in [-0.2, -0.15) is 0 Å². The van der Waals surface area contributed by atoms with Gasteiger partial charge in [-0.25, -0.2) is 0 Å². The average molecular weight is 1010 g/mol.